The molecule has 0 fully saturated rings. The van der Waals surface area contributed by atoms with Gasteiger partial charge in [0.15, 0.2) is 0 Å². The van der Waals surface area contributed by atoms with Gasteiger partial charge in [-0.25, -0.2) is 0 Å². The lowest BCUT2D eigenvalue weighted by Crippen LogP contribution is -1.94. The molecule has 0 atom stereocenters. The SMILES string of the molecule is COCc1cc(N)cc(C)c1O. The lowest BCUT2D eigenvalue weighted by atomic mass is 10.1. The Morgan fingerprint density at radius 2 is 2.17 bits per heavy atom. The van der Waals surface area contributed by atoms with Crippen molar-refractivity contribution in [1.29, 1.82) is 0 Å². The molecule has 0 spiro atoms. The predicted molar refractivity (Wildman–Crippen MR) is 48.0 cm³/mol. The summed E-state index contributed by atoms with van der Waals surface area (Å²) in [4.78, 5) is 0. The zero-order valence-electron chi connectivity index (χ0n) is 7.29. The molecule has 0 aliphatic carbocycles. The number of phenols is 1. The van der Waals surface area contributed by atoms with Crippen LogP contribution >= 0.6 is 0 Å². The first-order valence-corrected chi connectivity index (χ1v) is 3.72. The van der Waals surface area contributed by atoms with Crippen LogP contribution in [0.2, 0.25) is 0 Å². The first-order chi connectivity index (χ1) is 5.65. The fourth-order valence-corrected chi connectivity index (χ4v) is 1.15. The van der Waals surface area contributed by atoms with Crippen LogP contribution in [-0.2, 0) is 11.3 Å². The van der Waals surface area contributed by atoms with E-state index in [-0.39, 0.29) is 5.75 Å². The minimum atomic E-state index is 0.269. The number of rotatable bonds is 2. The monoisotopic (exact) mass is 167 g/mol. The summed E-state index contributed by atoms with van der Waals surface area (Å²) in [5.74, 6) is 0.269. The smallest absolute Gasteiger partial charge is 0.124 e. The molecule has 0 heterocycles. The molecular weight excluding hydrogens is 154 g/mol. The summed E-state index contributed by atoms with van der Waals surface area (Å²) in [6, 6.07) is 3.44. The van der Waals surface area contributed by atoms with Crippen molar-refractivity contribution < 1.29 is 9.84 Å². The van der Waals surface area contributed by atoms with E-state index in [1.807, 2.05) is 6.92 Å². The fraction of sp³-hybridized carbons (Fsp3) is 0.333. The standard InChI is InChI=1S/C9H13NO2/c1-6-3-8(10)4-7(5-12-2)9(6)11/h3-4,11H,5,10H2,1-2H3. The van der Waals surface area contributed by atoms with Crippen molar-refractivity contribution >= 4 is 5.69 Å². The van der Waals surface area contributed by atoms with Gasteiger partial charge >= 0.3 is 0 Å². The Morgan fingerprint density at radius 1 is 1.50 bits per heavy atom. The van der Waals surface area contributed by atoms with Crippen LogP contribution in [0.4, 0.5) is 5.69 Å². The summed E-state index contributed by atoms with van der Waals surface area (Å²) in [6.07, 6.45) is 0. The molecule has 0 saturated heterocycles. The Morgan fingerprint density at radius 3 is 2.75 bits per heavy atom. The van der Waals surface area contributed by atoms with Crippen molar-refractivity contribution in [3.63, 3.8) is 0 Å². The normalized spacial score (nSPS) is 10.2. The first kappa shape index (κ1) is 8.87. The molecule has 0 saturated carbocycles. The van der Waals surface area contributed by atoms with Gasteiger partial charge in [0, 0.05) is 18.4 Å². The van der Waals surface area contributed by atoms with Gasteiger partial charge in [0.1, 0.15) is 5.75 Å². The third-order valence-corrected chi connectivity index (χ3v) is 1.70. The number of phenolic OH excluding ortho intramolecular Hbond substituents is 1. The maximum atomic E-state index is 9.52. The number of ether oxygens (including phenoxy) is 1. The highest BCUT2D eigenvalue weighted by molar-refractivity contribution is 5.51. The maximum Gasteiger partial charge on any atom is 0.124 e. The van der Waals surface area contributed by atoms with Crippen molar-refractivity contribution in [3.05, 3.63) is 23.3 Å². The van der Waals surface area contributed by atoms with Crippen molar-refractivity contribution in [2.45, 2.75) is 13.5 Å². The van der Waals surface area contributed by atoms with Crippen LogP contribution in [0.25, 0.3) is 0 Å². The number of aromatic hydroxyl groups is 1. The number of anilines is 1. The highest BCUT2D eigenvalue weighted by Gasteiger charge is 2.04. The van der Waals surface area contributed by atoms with Crippen molar-refractivity contribution in [3.8, 4) is 5.75 Å². The number of hydrogen-bond donors (Lipinski definition) is 2. The Balaban J connectivity index is 3.09. The van der Waals surface area contributed by atoms with E-state index in [4.69, 9.17) is 10.5 Å². The number of hydrogen-bond acceptors (Lipinski definition) is 3. The Labute approximate surface area is 71.8 Å². The van der Waals surface area contributed by atoms with Crippen molar-refractivity contribution in [2.24, 2.45) is 0 Å². The molecule has 0 bridgehead atoms. The molecular formula is C9H13NO2. The second-order valence-corrected chi connectivity index (χ2v) is 2.78. The Hall–Kier alpha value is -1.22. The van der Waals surface area contributed by atoms with Crippen LogP contribution < -0.4 is 5.73 Å². The van der Waals surface area contributed by atoms with Gasteiger partial charge in [0.25, 0.3) is 0 Å². The highest BCUT2D eigenvalue weighted by atomic mass is 16.5. The van der Waals surface area contributed by atoms with Gasteiger partial charge in [-0.05, 0) is 24.6 Å². The van der Waals surface area contributed by atoms with Crippen molar-refractivity contribution in [2.75, 3.05) is 12.8 Å². The summed E-state index contributed by atoms with van der Waals surface area (Å²) in [6.45, 7) is 2.20. The molecule has 0 radical (unpaired) electrons. The van der Waals surface area contributed by atoms with Crippen LogP contribution in [0.15, 0.2) is 12.1 Å². The van der Waals surface area contributed by atoms with Gasteiger partial charge in [0.05, 0.1) is 6.61 Å². The minimum absolute atomic E-state index is 0.269. The lowest BCUT2D eigenvalue weighted by molar-refractivity contribution is 0.182. The number of aryl methyl sites for hydroxylation is 1. The van der Waals surface area contributed by atoms with Gasteiger partial charge in [-0.3, -0.25) is 0 Å². The van der Waals surface area contributed by atoms with Crippen LogP contribution in [0.5, 0.6) is 5.75 Å². The lowest BCUT2D eigenvalue weighted by Gasteiger charge is -2.07. The van der Waals surface area contributed by atoms with Gasteiger partial charge in [-0.15, -0.1) is 0 Å². The molecule has 0 unspecified atom stereocenters. The molecule has 66 valence electrons. The fourth-order valence-electron chi connectivity index (χ4n) is 1.15. The second kappa shape index (κ2) is 3.45. The molecule has 0 amide bonds. The topological polar surface area (TPSA) is 55.5 Å². The maximum absolute atomic E-state index is 9.52. The zero-order valence-corrected chi connectivity index (χ0v) is 7.29. The van der Waals surface area contributed by atoms with Crippen molar-refractivity contribution in [1.82, 2.24) is 0 Å². The molecule has 3 N–H and O–H groups in total. The first-order valence-electron chi connectivity index (χ1n) is 3.72. The molecule has 3 nitrogen and oxygen atoms in total. The molecule has 1 aromatic carbocycles. The molecule has 1 rings (SSSR count). The highest BCUT2D eigenvalue weighted by Crippen LogP contribution is 2.25. The average Bonchev–Trinajstić information content (AvgIpc) is 2.00. The largest absolute Gasteiger partial charge is 0.507 e. The average molecular weight is 167 g/mol. The van der Waals surface area contributed by atoms with Gasteiger partial charge in [0.2, 0.25) is 0 Å². The predicted octanol–water partition coefficient (Wildman–Crippen LogP) is 1.43. The summed E-state index contributed by atoms with van der Waals surface area (Å²) in [7, 11) is 1.58. The molecule has 0 aliphatic heterocycles. The second-order valence-electron chi connectivity index (χ2n) is 2.78. The van der Waals surface area contributed by atoms with Gasteiger partial charge < -0.3 is 15.6 Å². The number of nitrogen functional groups attached to an aromatic ring is 1. The van der Waals surface area contributed by atoms with E-state index in [1.54, 1.807) is 19.2 Å². The summed E-state index contributed by atoms with van der Waals surface area (Å²) < 4.78 is 4.90. The van der Waals surface area contributed by atoms with E-state index >= 15 is 0 Å². The van der Waals surface area contributed by atoms with E-state index in [1.165, 1.54) is 0 Å². The van der Waals surface area contributed by atoms with Gasteiger partial charge in [-0.2, -0.15) is 0 Å². The Bertz CT molecular complexity index is 284. The van der Waals surface area contributed by atoms with E-state index in [0.717, 1.165) is 11.1 Å². The van der Waals surface area contributed by atoms with E-state index < -0.39 is 0 Å². The molecule has 12 heavy (non-hydrogen) atoms. The van der Waals surface area contributed by atoms with E-state index in [2.05, 4.69) is 0 Å². The summed E-state index contributed by atoms with van der Waals surface area (Å²) >= 11 is 0. The molecule has 0 aromatic heterocycles. The number of nitrogens with two attached hydrogens (primary N) is 1. The third-order valence-electron chi connectivity index (χ3n) is 1.70. The van der Waals surface area contributed by atoms with Crippen LogP contribution in [0.1, 0.15) is 11.1 Å². The minimum Gasteiger partial charge on any atom is -0.507 e. The van der Waals surface area contributed by atoms with E-state index in [0.29, 0.717) is 12.3 Å². The summed E-state index contributed by atoms with van der Waals surface area (Å²) in [5.41, 5.74) is 7.75. The number of benzene rings is 1. The molecule has 0 aliphatic rings. The number of methoxy groups -OCH3 is 1. The quantitative estimate of drug-likeness (QED) is 0.517. The van der Waals surface area contributed by atoms with Crippen LogP contribution in [0.3, 0.4) is 0 Å². The van der Waals surface area contributed by atoms with Crippen LogP contribution in [-0.4, -0.2) is 12.2 Å². The molecule has 1 aromatic rings. The Kier molecular flexibility index (Phi) is 2.55. The van der Waals surface area contributed by atoms with Crippen LogP contribution in [0, 0.1) is 6.92 Å². The third kappa shape index (κ3) is 1.68. The molecule has 3 heteroatoms. The zero-order chi connectivity index (χ0) is 9.14. The van der Waals surface area contributed by atoms with Gasteiger partial charge in [-0.1, -0.05) is 0 Å². The summed E-state index contributed by atoms with van der Waals surface area (Å²) in [5, 5.41) is 9.52. The van der Waals surface area contributed by atoms with E-state index in [9.17, 15) is 5.11 Å².